The van der Waals surface area contributed by atoms with E-state index in [0.717, 1.165) is 31.5 Å². The Morgan fingerprint density at radius 3 is 1.79 bits per heavy atom. The monoisotopic (exact) mass is 263 g/mol. The van der Waals surface area contributed by atoms with Crippen molar-refractivity contribution in [3.63, 3.8) is 0 Å². The van der Waals surface area contributed by atoms with Crippen molar-refractivity contribution in [1.82, 2.24) is 4.90 Å². The van der Waals surface area contributed by atoms with Crippen LogP contribution in [0.2, 0.25) is 0 Å². The standard InChI is InChI=1S/C17H29NO/c1-14(2)9-11-18(12-10-15(3)4)13-16-5-7-17(19)8-6-16/h5-8,14-15,19H,9-13H2,1-4H3. The molecule has 0 heterocycles. The van der Waals surface area contributed by atoms with E-state index in [0.29, 0.717) is 5.75 Å². The maximum atomic E-state index is 9.33. The number of hydrogen-bond donors (Lipinski definition) is 1. The molecule has 1 aromatic rings. The lowest BCUT2D eigenvalue weighted by molar-refractivity contribution is 0.235. The molecule has 0 aromatic heterocycles. The number of hydrogen-bond acceptors (Lipinski definition) is 2. The number of phenolic OH excluding ortho intramolecular Hbond substituents is 1. The fourth-order valence-corrected chi connectivity index (χ4v) is 2.01. The Morgan fingerprint density at radius 2 is 1.37 bits per heavy atom. The maximum absolute atomic E-state index is 9.33. The second-order valence-corrected chi connectivity index (χ2v) is 6.31. The van der Waals surface area contributed by atoms with Crippen molar-refractivity contribution in [3.8, 4) is 5.75 Å². The second kappa shape index (κ2) is 8.21. The molecule has 1 N–H and O–H groups in total. The van der Waals surface area contributed by atoms with E-state index >= 15 is 0 Å². The molecule has 0 bridgehead atoms. The minimum absolute atomic E-state index is 0.347. The SMILES string of the molecule is CC(C)CCN(CCC(C)C)Cc1ccc(O)cc1. The summed E-state index contributed by atoms with van der Waals surface area (Å²) < 4.78 is 0. The van der Waals surface area contributed by atoms with E-state index in [-0.39, 0.29) is 0 Å². The topological polar surface area (TPSA) is 23.5 Å². The summed E-state index contributed by atoms with van der Waals surface area (Å²) in [4.78, 5) is 2.53. The third-order valence-electron chi connectivity index (χ3n) is 3.39. The van der Waals surface area contributed by atoms with E-state index in [1.165, 1.54) is 18.4 Å². The molecule has 0 atom stereocenters. The lowest BCUT2D eigenvalue weighted by atomic mass is 10.1. The highest BCUT2D eigenvalue weighted by Gasteiger charge is 2.08. The third kappa shape index (κ3) is 7.22. The lowest BCUT2D eigenvalue weighted by Gasteiger charge is -2.24. The highest BCUT2D eigenvalue weighted by molar-refractivity contribution is 5.25. The van der Waals surface area contributed by atoms with Crippen LogP contribution in [0.3, 0.4) is 0 Å². The van der Waals surface area contributed by atoms with Crippen molar-refractivity contribution in [2.75, 3.05) is 13.1 Å². The molecule has 0 fully saturated rings. The Labute approximate surface area is 118 Å². The zero-order valence-electron chi connectivity index (χ0n) is 12.9. The molecule has 0 saturated carbocycles. The summed E-state index contributed by atoms with van der Waals surface area (Å²) in [5, 5.41) is 9.33. The van der Waals surface area contributed by atoms with Gasteiger partial charge in [-0.05, 0) is 55.5 Å². The highest BCUT2D eigenvalue weighted by Crippen LogP contribution is 2.14. The van der Waals surface area contributed by atoms with Crippen LogP contribution in [-0.2, 0) is 6.54 Å². The average molecular weight is 263 g/mol. The molecule has 1 aromatic carbocycles. The van der Waals surface area contributed by atoms with Crippen LogP contribution in [0.15, 0.2) is 24.3 Å². The van der Waals surface area contributed by atoms with Crippen LogP contribution in [0.5, 0.6) is 5.75 Å². The van der Waals surface area contributed by atoms with Crippen molar-refractivity contribution >= 4 is 0 Å². The van der Waals surface area contributed by atoms with Gasteiger partial charge in [0, 0.05) is 6.54 Å². The van der Waals surface area contributed by atoms with Gasteiger partial charge in [-0.25, -0.2) is 0 Å². The van der Waals surface area contributed by atoms with Crippen molar-refractivity contribution < 1.29 is 5.11 Å². The van der Waals surface area contributed by atoms with E-state index in [4.69, 9.17) is 0 Å². The van der Waals surface area contributed by atoms with Crippen LogP contribution in [0.25, 0.3) is 0 Å². The number of rotatable bonds is 8. The molecule has 2 heteroatoms. The smallest absolute Gasteiger partial charge is 0.115 e. The lowest BCUT2D eigenvalue weighted by Crippen LogP contribution is -2.27. The third-order valence-corrected chi connectivity index (χ3v) is 3.39. The molecule has 0 radical (unpaired) electrons. The molecule has 1 rings (SSSR count). The van der Waals surface area contributed by atoms with Gasteiger partial charge in [-0.1, -0.05) is 39.8 Å². The summed E-state index contributed by atoms with van der Waals surface area (Å²) in [6.07, 6.45) is 2.49. The first-order valence-corrected chi connectivity index (χ1v) is 7.47. The van der Waals surface area contributed by atoms with Crippen molar-refractivity contribution in [1.29, 1.82) is 0 Å². The first-order valence-electron chi connectivity index (χ1n) is 7.47. The summed E-state index contributed by atoms with van der Waals surface area (Å²) in [5.41, 5.74) is 1.28. The Balaban J connectivity index is 2.53. The number of aromatic hydroxyl groups is 1. The Bertz CT molecular complexity index is 331. The molecule has 19 heavy (non-hydrogen) atoms. The molecule has 0 saturated heterocycles. The summed E-state index contributed by atoms with van der Waals surface area (Å²) in [5.74, 6) is 1.85. The fraction of sp³-hybridized carbons (Fsp3) is 0.647. The molecule has 0 aliphatic rings. The fourth-order valence-electron chi connectivity index (χ4n) is 2.01. The van der Waals surface area contributed by atoms with Gasteiger partial charge in [0.15, 0.2) is 0 Å². The first kappa shape index (κ1) is 16.0. The molecular formula is C17H29NO. The first-order chi connectivity index (χ1) is 8.97. The molecule has 0 amide bonds. The largest absolute Gasteiger partial charge is 0.508 e. The normalized spacial score (nSPS) is 11.7. The number of benzene rings is 1. The average Bonchev–Trinajstić information content (AvgIpc) is 2.35. The van der Waals surface area contributed by atoms with Crippen LogP contribution in [0.4, 0.5) is 0 Å². The quantitative estimate of drug-likeness (QED) is 0.756. The van der Waals surface area contributed by atoms with E-state index < -0.39 is 0 Å². The second-order valence-electron chi connectivity index (χ2n) is 6.31. The Morgan fingerprint density at radius 1 is 0.895 bits per heavy atom. The van der Waals surface area contributed by atoms with Crippen LogP contribution in [-0.4, -0.2) is 23.1 Å². The summed E-state index contributed by atoms with van der Waals surface area (Å²) in [6.45, 7) is 12.4. The molecular weight excluding hydrogens is 234 g/mol. The van der Waals surface area contributed by atoms with Crippen molar-refractivity contribution in [3.05, 3.63) is 29.8 Å². The minimum atomic E-state index is 0.347. The van der Waals surface area contributed by atoms with Gasteiger partial charge in [0.25, 0.3) is 0 Å². The molecule has 0 aliphatic carbocycles. The van der Waals surface area contributed by atoms with Crippen molar-refractivity contribution in [2.45, 2.75) is 47.1 Å². The zero-order valence-corrected chi connectivity index (χ0v) is 12.9. The molecule has 0 spiro atoms. The van der Waals surface area contributed by atoms with E-state index in [1.54, 1.807) is 12.1 Å². The summed E-state index contributed by atoms with van der Waals surface area (Å²) in [7, 11) is 0. The van der Waals surface area contributed by atoms with Gasteiger partial charge in [0.2, 0.25) is 0 Å². The Hall–Kier alpha value is -1.02. The number of nitrogens with zero attached hydrogens (tertiary/aromatic N) is 1. The van der Waals surface area contributed by atoms with Gasteiger partial charge in [0.05, 0.1) is 0 Å². The summed E-state index contributed by atoms with van der Waals surface area (Å²) >= 11 is 0. The minimum Gasteiger partial charge on any atom is -0.508 e. The van der Waals surface area contributed by atoms with Crippen LogP contribution >= 0.6 is 0 Å². The van der Waals surface area contributed by atoms with Gasteiger partial charge in [0.1, 0.15) is 5.75 Å². The van der Waals surface area contributed by atoms with E-state index in [1.807, 2.05) is 12.1 Å². The van der Waals surface area contributed by atoms with Crippen molar-refractivity contribution in [2.24, 2.45) is 11.8 Å². The predicted octanol–water partition coefficient (Wildman–Crippen LogP) is 4.29. The van der Waals surface area contributed by atoms with Crippen LogP contribution in [0, 0.1) is 11.8 Å². The van der Waals surface area contributed by atoms with Gasteiger partial charge in [-0.3, -0.25) is 4.90 Å². The van der Waals surface area contributed by atoms with Crippen LogP contribution in [0.1, 0.15) is 46.1 Å². The van der Waals surface area contributed by atoms with E-state index in [2.05, 4.69) is 32.6 Å². The van der Waals surface area contributed by atoms with Crippen LogP contribution < -0.4 is 0 Å². The summed E-state index contributed by atoms with van der Waals surface area (Å²) in [6, 6.07) is 7.59. The van der Waals surface area contributed by atoms with Gasteiger partial charge >= 0.3 is 0 Å². The van der Waals surface area contributed by atoms with Gasteiger partial charge in [-0.2, -0.15) is 0 Å². The molecule has 0 unspecified atom stereocenters. The van der Waals surface area contributed by atoms with Gasteiger partial charge in [-0.15, -0.1) is 0 Å². The Kier molecular flexibility index (Phi) is 6.93. The maximum Gasteiger partial charge on any atom is 0.115 e. The molecule has 108 valence electrons. The zero-order chi connectivity index (χ0) is 14.3. The highest BCUT2D eigenvalue weighted by atomic mass is 16.3. The predicted molar refractivity (Wildman–Crippen MR) is 82.3 cm³/mol. The molecule has 2 nitrogen and oxygen atoms in total. The number of phenols is 1. The molecule has 0 aliphatic heterocycles. The van der Waals surface area contributed by atoms with E-state index in [9.17, 15) is 5.11 Å². The van der Waals surface area contributed by atoms with Gasteiger partial charge < -0.3 is 5.11 Å².